The maximum Gasteiger partial charge on any atom is 0.225 e. The molecule has 0 aromatic carbocycles. The van der Waals surface area contributed by atoms with Crippen LogP contribution in [0.1, 0.15) is 25.7 Å². The summed E-state index contributed by atoms with van der Waals surface area (Å²) >= 11 is 0. The number of aliphatic hydroxyl groups is 1. The topological polar surface area (TPSA) is 49.8 Å². The summed E-state index contributed by atoms with van der Waals surface area (Å²) < 4.78 is 5.44. The van der Waals surface area contributed by atoms with E-state index in [1.165, 1.54) is 6.42 Å². The number of aliphatic hydroxyl groups excluding tert-OH is 1. The van der Waals surface area contributed by atoms with Crippen LogP contribution in [0.4, 0.5) is 0 Å². The second-order valence-corrected chi connectivity index (χ2v) is 4.37. The van der Waals surface area contributed by atoms with Crippen molar-refractivity contribution in [2.24, 2.45) is 0 Å². The molecule has 0 bridgehead atoms. The van der Waals surface area contributed by atoms with Crippen LogP contribution in [-0.4, -0.2) is 47.8 Å². The van der Waals surface area contributed by atoms with Crippen LogP contribution in [0.3, 0.4) is 0 Å². The summed E-state index contributed by atoms with van der Waals surface area (Å²) in [6, 6.07) is 0. The Labute approximate surface area is 83.8 Å². The van der Waals surface area contributed by atoms with Gasteiger partial charge in [-0.2, -0.15) is 0 Å². The molecule has 0 spiro atoms. The fourth-order valence-electron chi connectivity index (χ4n) is 2.25. The molecule has 1 saturated carbocycles. The van der Waals surface area contributed by atoms with Crippen molar-refractivity contribution in [1.29, 1.82) is 0 Å². The van der Waals surface area contributed by atoms with Gasteiger partial charge in [-0.15, -0.1) is 0 Å². The number of likely N-dealkylation sites (tertiary alicyclic amines) is 1. The van der Waals surface area contributed by atoms with Gasteiger partial charge in [0.2, 0.25) is 5.91 Å². The number of β-amino-alcohol motifs (C(OH)–C–C–N with tert-alkyl or cyclic N) is 1. The molecular weight excluding hydrogens is 182 g/mol. The normalized spacial score (nSPS) is 30.6. The third-order valence-electron chi connectivity index (χ3n) is 3.37. The van der Waals surface area contributed by atoms with Crippen LogP contribution in [0.2, 0.25) is 0 Å². The molecule has 1 atom stereocenters. The van der Waals surface area contributed by atoms with Gasteiger partial charge in [0.25, 0.3) is 0 Å². The molecule has 1 amide bonds. The number of hydrogen-bond donors (Lipinski definition) is 1. The maximum absolute atomic E-state index is 11.4. The van der Waals surface area contributed by atoms with E-state index in [-0.39, 0.29) is 17.9 Å². The van der Waals surface area contributed by atoms with Gasteiger partial charge >= 0.3 is 0 Å². The van der Waals surface area contributed by atoms with Crippen LogP contribution >= 0.6 is 0 Å². The smallest absolute Gasteiger partial charge is 0.225 e. The molecule has 0 aromatic rings. The maximum atomic E-state index is 11.4. The largest absolute Gasteiger partial charge is 0.391 e. The molecule has 1 saturated heterocycles. The summed E-state index contributed by atoms with van der Waals surface area (Å²) in [7, 11) is 1.70. The van der Waals surface area contributed by atoms with Gasteiger partial charge in [0, 0.05) is 20.2 Å². The fraction of sp³-hybridized carbons (Fsp3) is 0.900. The number of carbonyl (C=O) groups is 1. The molecule has 0 radical (unpaired) electrons. The summed E-state index contributed by atoms with van der Waals surface area (Å²) in [6.07, 6.45) is 3.04. The van der Waals surface area contributed by atoms with E-state index in [0.29, 0.717) is 13.1 Å². The van der Waals surface area contributed by atoms with E-state index < -0.39 is 6.10 Å². The summed E-state index contributed by atoms with van der Waals surface area (Å²) in [5, 5.41) is 9.33. The summed E-state index contributed by atoms with van der Waals surface area (Å²) in [5.41, 5.74) is -0.111. The van der Waals surface area contributed by atoms with Crippen LogP contribution in [0.5, 0.6) is 0 Å². The Bertz CT molecular complexity index is 232. The Morgan fingerprint density at radius 2 is 2.36 bits per heavy atom. The molecule has 0 aromatic heterocycles. The van der Waals surface area contributed by atoms with Crippen molar-refractivity contribution in [3.8, 4) is 0 Å². The summed E-state index contributed by atoms with van der Waals surface area (Å²) in [4.78, 5) is 13.2. The molecule has 2 fully saturated rings. The van der Waals surface area contributed by atoms with Crippen molar-refractivity contribution in [2.75, 3.05) is 20.2 Å². The second-order valence-electron chi connectivity index (χ2n) is 4.37. The van der Waals surface area contributed by atoms with Gasteiger partial charge in [-0.25, -0.2) is 0 Å². The predicted molar refractivity (Wildman–Crippen MR) is 50.8 cm³/mol. The molecule has 4 heteroatoms. The van der Waals surface area contributed by atoms with Crippen LogP contribution in [0.25, 0.3) is 0 Å². The second kappa shape index (κ2) is 3.51. The Morgan fingerprint density at radius 1 is 1.64 bits per heavy atom. The fourth-order valence-corrected chi connectivity index (χ4v) is 2.25. The SMILES string of the molecule is COC1(CN2CC(O)CC2=O)CCC1. The first-order chi connectivity index (χ1) is 6.65. The van der Waals surface area contributed by atoms with Crippen LogP contribution in [0.15, 0.2) is 0 Å². The molecule has 80 valence electrons. The molecule has 1 N–H and O–H groups in total. The third kappa shape index (κ3) is 1.64. The highest BCUT2D eigenvalue weighted by atomic mass is 16.5. The zero-order valence-electron chi connectivity index (χ0n) is 8.53. The van der Waals surface area contributed by atoms with E-state index in [1.54, 1.807) is 12.0 Å². The Kier molecular flexibility index (Phi) is 2.49. The number of nitrogens with zero attached hydrogens (tertiary/aromatic N) is 1. The van der Waals surface area contributed by atoms with Gasteiger partial charge in [0.15, 0.2) is 0 Å². The van der Waals surface area contributed by atoms with Crippen molar-refractivity contribution >= 4 is 5.91 Å². The number of ether oxygens (including phenoxy) is 1. The van der Waals surface area contributed by atoms with Crippen molar-refractivity contribution in [2.45, 2.75) is 37.4 Å². The van der Waals surface area contributed by atoms with Crippen LogP contribution in [-0.2, 0) is 9.53 Å². The first-order valence-corrected chi connectivity index (χ1v) is 5.16. The van der Waals surface area contributed by atoms with Gasteiger partial charge in [0.05, 0.1) is 18.1 Å². The number of amides is 1. The van der Waals surface area contributed by atoms with E-state index in [2.05, 4.69) is 0 Å². The lowest BCUT2D eigenvalue weighted by molar-refractivity contribution is -0.136. The van der Waals surface area contributed by atoms with Crippen molar-refractivity contribution in [1.82, 2.24) is 4.90 Å². The predicted octanol–water partition coefficient (Wildman–Crippen LogP) is 0.149. The van der Waals surface area contributed by atoms with Gasteiger partial charge in [-0.05, 0) is 19.3 Å². The third-order valence-corrected chi connectivity index (χ3v) is 3.37. The van der Waals surface area contributed by atoms with Crippen molar-refractivity contribution < 1.29 is 14.6 Å². The zero-order chi connectivity index (χ0) is 10.2. The number of carbonyl (C=O) groups excluding carboxylic acids is 1. The molecular formula is C10H17NO3. The molecule has 4 nitrogen and oxygen atoms in total. The molecule has 1 aliphatic carbocycles. The molecule has 1 aliphatic heterocycles. The summed E-state index contributed by atoms with van der Waals surface area (Å²) in [5.74, 6) is 0.0563. The Hall–Kier alpha value is -0.610. The first kappa shape index (κ1) is 9.93. The highest BCUT2D eigenvalue weighted by molar-refractivity contribution is 5.79. The molecule has 2 aliphatic rings. The lowest BCUT2D eigenvalue weighted by atomic mass is 9.79. The van der Waals surface area contributed by atoms with Gasteiger partial charge < -0.3 is 14.7 Å². The molecule has 2 rings (SSSR count). The lowest BCUT2D eigenvalue weighted by Gasteiger charge is -2.42. The van der Waals surface area contributed by atoms with Gasteiger partial charge in [-0.1, -0.05) is 0 Å². The van der Waals surface area contributed by atoms with E-state index in [1.807, 2.05) is 0 Å². The quantitative estimate of drug-likeness (QED) is 0.704. The number of methoxy groups -OCH3 is 1. The van der Waals surface area contributed by atoms with E-state index >= 15 is 0 Å². The van der Waals surface area contributed by atoms with Gasteiger partial charge in [-0.3, -0.25) is 4.79 Å². The Balaban J connectivity index is 1.93. The standard InChI is InChI=1S/C10H17NO3/c1-14-10(3-2-4-10)7-11-6-8(12)5-9(11)13/h8,12H,2-7H2,1H3. The van der Waals surface area contributed by atoms with Crippen LogP contribution < -0.4 is 0 Å². The monoisotopic (exact) mass is 199 g/mol. The average molecular weight is 199 g/mol. The van der Waals surface area contributed by atoms with Crippen molar-refractivity contribution in [3.63, 3.8) is 0 Å². The zero-order valence-corrected chi connectivity index (χ0v) is 8.53. The van der Waals surface area contributed by atoms with Gasteiger partial charge in [0.1, 0.15) is 0 Å². The molecule has 14 heavy (non-hydrogen) atoms. The highest BCUT2D eigenvalue weighted by Gasteiger charge is 2.41. The minimum Gasteiger partial charge on any atom is -0.391 e. The van der Waals surface area contributed by atoms with E-state index in [4.69, 9.17) is 4.74 Å². The number of rotatable bonds is 3. The Morgan fingerprint density at radius 3 is 2.71 bits per heavy atom. The highest BCUT2D eigenvalue weighted by Crippen LogP contribution is 2.36. The number of hydrogen-bond acceptors (Lipinski definition) is 3. The minimum atomic E-state index is -0.475. The first-order valence-electron chi connectivity index (χ1n) is 5.16. The molecule has 1 unspecified atom stereocenters. The lowest BCUT2D eigenvalue weighted by Crippen LogP contribution is -2.50. The average Bonchev–Trinajstić information content (AvgIpc) is 2.38. The van der Waals surface area contributed by atoms with E-state index in [9.17, 15) is 9.90 Å². The summed E-state index contributed by atoms with van der Waals surface area (Å²) in [6.45, 7) is 1.13. The molecule has 1 heterocycles. The van der Waals surface area contributed by atoms with Crippen LogP contribution in [0, 0.1) is 0 Å². The van der Waals surface area contributed by atoms with E-state index in [0.717, 1.165) is 12.8 Å². The minimum absolute atomic E-state index is 0.0563. The van der Waals surface area contributed by atoms with Crippen molar-refractivity contribution in [3.05, 3.63) is 0 Å².